The van der Waals surface area contributed by atoms with E-state index in [4.69, 9.17) is 13.9 Å². The second-order valence-corrected chi connectivity index (χ2v) is 6.74. The number of nitrogens with one attached hydrogen (secondary N) is 1. The molecule has 2 heterocycles. The Morgan fingerprint density at radius 2 is 1.80 bits per heavy atom. The van der Waals surface area contributed by atoms with E-state index in [1.165, 1.54) is 14.2 Å². The summed E-state index contributed by atoms with van der Waals surface area (Å²) < 4.78 is 16.0. The van der Waals surface area contributed by atoms with Crippen molar-refractivity contribution < 1.29 is 23.5 Å². The molecule has 2 amide bonds. The Morgan fingerprint density at radius 3 is 2.47 bits per heavy atom. The summed E-state index contributed by atoms with van der Waals surface area (Å²) in [5.41, 5.74) is 1.14. The molecule has 1 N–H and O–H groups in total. The van der Waals surface area contributed by atoms with E-state index >= 15 is 0 Å². The van der Waals surface area contributed by atoms with Crippen LogP contribution in [0, 0.1) is 0 Å². The third-order valence-corrected chi connectivity index (χ3v) is 4.82. The predicted octanol–water partition coefficient (Wildman–Crippen LogP) is 2.86. The molecule has 0 spiro atoms. The van der Waals surface area contributed by atoms with Crippen LogP contribution in [0.4, 0.5) is 11.7 Å². The molecule has 1 aromatic heterocycles. The van der Waals surface area contributed by atoms with Gasteiger partial charge in [-0.25, -0.2) is 0 Å². The predicted molar refractivity (Wildman–Crippen MR) is 108 cm³/mol. The maximum Gasteiger partial charge on any atom is 0.322 e. The normalized spacial score (nSPS) is 15.9. The number of nitrogens with zero attached hydrogens (tertiary/aromatic N) is 3. The molecule has 2 aromatic carbocycles. The zero-order chi connectivity index (χ0) is 21.1. The highest BCUT2D eigenvalue weighted by atomic mass is 16.5. The Kier molecular flexibility index (Phi) is 5.34. The van der Waals surface area contributed by atoms with Crippen LogP contribution in [0.1, 0.15) is 28.6 Å². The second-order valence-electron chi connectivity index (χ2n) is 6.74. The van der Waals surface area contributed by atoms with E-state index in [9.17, 15) is 9.59 Å². The first-order valence-electron chi connectivity index (χ1n) is 9.30. The number of rotatable bonds is 6. The lowest BCUT2D eigenvalue weighted by Gasteiger charge is -2.15. The summed E-state index contributed by atoms with van der Waals surface area (Å²) in [4.78, 5) is 26.6. The van der Waals surface area contributed by atoms with Crippen molar-refractivity contribution in [3.63, 3.8) is 0 Å². The third-order valence-electron chi connectivity index (χ3n) is 4.82. The molecule has 0 radical (unpaired) electrons. The molecule has 1 fully saturated rings. The topological polar surface area (TPSA) is 107 Å². The Hall–Kier alpha value is -3.88. The number of hydrogen-bond acceptors (Lipinski definition) is 7. The molecule has 9 nitrogen and oxygen atoms in total. The highest BCUT2D eigenvalue weighted by Gasteiger charge is 2.35. The van der Waals surface area contributed by atoms with Crippen LogP contribution in [0.3, 0.4) is 0 Å². The number of amides is 2. The van der Waals surface area contributed by atoms with E-state index in [1.54, 1.807) is 23.1 Å². The number of para-hydroxylation sites is 1. The molecule has 3 aromatic rings. The van der Waals surface area contributed by atoms with Gasteiger partial charge in [0.05, 0.1) is 20.1 Å². The summed E-state index contributed by atoms with van der Waals surface area (Å²) in [6.45, 7) is 0.436. The molecular formula is C21H20N4O5. The van der Waals surface area contributed by atoms with E-state index in [-0.39, 0.29) is 24.3 Å². The van der Waals surface area contributed by atoms with Gasteiger partial charge in [0, 0.05) is 30.3 Å². The van der Waals surface area contributed by atoms with Crippen molar-refractivity contribution in [2.45, 2.75) is 12.3 Å². The van der Waals surface area contributed by atoms with E-state index < -0.39 is 5.91 Å². The van der Waals surface area contributed by atoms with Gasteiger partial charge in [0.15, 0.2) is 0 Å². The van der Waals surface area contributed by atoms with Crippen LogP contribution in [-0.4, -0.2) is 42.8 Å². The van der Waals surface area contributed by atoms with Crippen molar-refractivity contribution in [1.82, 2.24) is 10.2 Å². The summed E-state index contributed by atoms with van der Waals surface area (Å²) in [7, 11) is 3.00. The summed E-state index contributed by atoms with van der Waals surface area (Å²) >= 11 is 0. The van der Waals surface area contributed by atoms with Crippen molar-refractivity contribution in [3.05, 3.63) is 60.0 Å². The van der Waals surface area contributed by atoms with Gasteiger partial charge in [-0.2, -0.15) is 0 Å². The van der Waals surface area contributed by atoms with Crippen molar-refractivity contribution in [2.24, 2.45) is 0 Å². The molecule has 0 saturated carbocycles. The lowest BCUT2D eigenvalue weighted by Crippen LogP contribution is -2.24. The van der Waals surface area contributed by atoms with Crippen LogP contribution in [0.5, 0.6) is 11.5 Å². The third kappa shape index (κ3) is 3.95. The number of ether oxygens (including phenoxy) is 2. The molecule has 154 valence electrons. The van der Waals surface area contributed by atoms with Crippen molar-refractivity contribution in [1.29, 1.82) is 0 Å². The van der Waals surface area contributed by atoms with Crippen LogP contribution in [-0.2, 0) is 4.79 Å². The monoisotopic (exact) mass is 408 g/mol. The first-order valence-corrected chi connectivity index (χ1v) is 9.30. The minimum Gasteiger partial charge on any atom is -0.497 e. The smallest absolute Gasteiger partial charge is 0.322 e. The molecular weight excluding hydrogens is 388 g/mol. The van der Waals surface area contributed by atoms with E-state index in [2.05, 4.69) is 15.5 Å². The van der Waals surface area contributed by atoms with Crippen LogP contribution in [0.2, 0.25) is 0 Å². The lowest BCUT2D eigenvalue weighted by atomic mass is 10.1. The molecule has 30 heavy (non-hydrogen) atoms. The molecule has 0 bridgehead atoms. The lowest BCUT2D eigenvalue weighted by molar-refractivity contribution is -0.117. The molecule has 1 aliphatic rings. The SMILES string of the molecule is COc1cc(OC)cc(C(=O)Nc2nnc([C@@H]3CC(=O)N(c4ccccc4)C3)o2)c1. The Labute approximate surface area is 172 Å². The van der Waals surface area contributed by atoms with Gasteiger partial charge in [-0.05, 0) is 24.3 Å². The van der Waals surface area contributed by atoms with Crippen molar-refractivity contribution >= 4 is 23.5 Å². The fourth-order valence-electron chi connectivity index (χ4n) is 3.29. The number of carbonyl (C=O) groups is 2. The van der Waals surface area contributed by atoms with Crippen LogP contribution < -0.4 is 19.7 Å². The fraction of sp³-hybridized carbons (Fsp3) is 0.238. The number of methoxy groups -OCH3 is 2. The minimum atomic E-state index is -0.448. The largest absolute Gasteiger partial charge is 0.497 e. The van der Waals surface area contributed by atoms with Crippen molar-refractivity contribution in [3.8, 4) is 11.5 Å². The molecule has 4 rings (SSSR count). The Morgan fingerprint density at radius 1 is 1.10 bits per heavy atom. The summed E-state index contributed by atoms with van der Waals surface area (Å²) in [5.74, 6) is 0.565. The number of carbonyl (C=O) groups excluding carboxylic acids is 2. The quantitative estimate of drug-likeness (QED) is 0.668. The van der Waals surface area contributed by atoms with Gasteiger partial charge >= 0.3 is 6.01 Å². The fourth-order valence-corrected chi connectivity index (χ4v) is 3.29. The van der Waals surface area contributed by atoms with E-state index in [1.807, 2.05) is 30.3 Å². The second kappa shape index (κ2) is 8.24. The van der Waals surface area contributed by atoms with E-state index in [0.29, 0.717) is 29.5 Å². The van der Waals surface area contributed by atoms with Gasteiger partial charge in [0.25, 0.3) is 5.91 Å². The molecule has 1 atom stereocenters. The van der Waals surface area contributed by atoms with Gasteiger partial charge in [-0.15, -0.1) is 5.10 Å². The summed E-state index contributed by atoms with van der Waals surface area (Å²) in [5, 5.41) is 10.5. The van der Waals surface area contributed by atoms with E-state index in [0.717, 1.165) is 5.69 Å². The average Bonchev–Trinajstić information content (AvgIpc) is 3.40. The molecule has 0 unspecified atom stereocenters. The minimum absolute atomic E-state index is 0.0153. The molecule has 1 aliphatic heterocycles. The van der Waals surface area contributed by atoms with Gasteiger partial charge in [0.2, 0.25) is 11.8 Å². The van der Waals surface area contributed by atoms with Crippen LogP contribution in [0.15, 0.2) is 52.9 Å². The standard InChI is InChI=1S/C21H20N4O5/c1-28-16-8-13(9-17(11-16)29-2)19(27)22-21-24-23-20(30-21)14-10-18(26)25(12-14)15-6-4-3-5-7-15/h3-9,11,14H,10,12H2,1-2H3,(H,22,24,27)/t14-/m1/s1. The number of benzene rings is 2. The Balaban J connectivity index is 1.46. The first kappa shape index (κ1) is 19.4. The molecule has 9 heteroatoms. The van der Waals surface area contributed by atoms with Crippen LogP contribution in [0.25, 0.3) is 0 Å². The summed E-state index contributed by atoms with van der Waals surface area (Å²) in [6.07, 6.45) is 0.261. The maximum atomic E-state index is 12.6. The van der Waals surface area contributed by atoms with Gasteiger partial charge < -0.3 is 18.8 Å². The first-order chi connectivity index (χ1) is 14.6. The van der Waals surface area contributed by atoms with Gasteiger partial charge in [0.1, 0.15) is 11.5 Å². The maximum absolute atomic E-state index is 12.6. The number of aromatic nitrogens is 2. The zero-order valence-electron chi connectivity index (χ0n) is 16.5. The highest BCUT2D eigenvalue weighted by molar-refractivity contribution is 6.03. The number of anilines is 2. The van der Waals surface area contributed by atoms with Crippen LogP contribution >= 0.6 is 0 Å². The Bertz CT molecular complexity index is 1040. The highest BCUT2D eigenvalue weighted by Crippen LogP contribution is 2.31. The molecule has 1 saturated heterocycles. The average molecular weight is 408 g/mol. The van der Waals surface area contributed by atoms with Gasteiger partial charge in [-0.1, -0.05) is 23.3 Å². The zero-order valence-corrected chi connectivity index (χ0v) is 16.5. The van der Waals surface area contributed by atoms with Gasteiger partial charge in [-0.3, -0.25) is 14.9 Å². The molecule has 0 aliphatic carbocycles. The number of hydrogen-bond donors (Lipinski definition) is 1. The summed E-state index contributed by atoms with van der Waals surface area (Å²) in [6, 6.07) is 14.2. The van der Waals surface area contributed by atoms with Crippen molar-refractivity contribution in [2.75, 3.05) is 31.0 Å².